The summed E-state index contributed by atoms with van der Waals surface area (Å²) in [5.41, 5.74) is 4.84. The third-order valence-corrected chi connectivity index (χ3v) is 2.84. The highest BCUT2D eigenvalue weighted by Crippen LogP contribution is 2.23. The van der Waals surface area contributed by atoms with E-state index in [9.17, 15) is 10.2 Å². The summed E-state index contributed by atoms with van der Waals surface area (Å²) in [6, 6.07) is -0.332. The topological polar surface area (TPSA) is 66.5 Å². The van der Waals surface area contributed by atoms with Crippen LogP contribution in [-0.2, 0) is 0 Å². The Morgan fingerprint density at radius 2 is 1.67 bits per heavy atom. The summed E-state index contributed by atoms with van der Waals surface area (Å²) >= 11 is 0. The van der Waals surface area contributed by atoms with Crippen LogP contribution in [0.5, 0.6) is 0 Å². The zero-order valence-corrected chi connectivity index (χ0v) is 10.5. The van der Waals surface area contributed by atoms with Gasteiger partial charge in [0.15, 0.2) is 0 Å². The summed E-state index contributed by atoms with van der Waals surface area (Å²) < 4.78 is 0. The highest BCUT2D eigenvalue weighted by atomic mass is 16.3. The van der Waals surface area contributed by atoms with Crippen LogP contribution < -0.4 is 5.73 Å². The first kappa shape index (κ1) is 14.9. The van der Waals surface area contributed by atoms with Crippen LogP contribution >= 0.6 is 0 Å². The number of aliphatic hydroxyl groups is 2. The quantitative estimate of drug-likeness (QED) is 0.605. The fraction of sp³-hybridized carbons (Fsp3) is 1.00. The Balaban J connectivity index is 4.26. The lowest BCUT2D eigenvalue weighted by Gasteiger charge is -2.33. The lowest BCUT2D eigenvalue weighted by Crippen LogP contribution is -2.51. The zero-order chi connectivity index (χ0) is 12.1. The van der Waals surface area contributed by atoms with Gasteiger partial charge in [-0.3, -0.25) is 0 Å². The van der Waals surface area contributed by atoms with Gasteiger partial charge in [0.1, 0.15) is 5.60 Å². The number of rotatable bonds is 7. The highest BCUT2D eigenvalue weighted by Gasteiger charge is 2.33. The molecule has 0 aromatic carbocycles. The van der Waals surface area contributed by atoms with Crippen molar-refractivity contribution in [1.29, 1.82) is 0 Å². The van der Waals surface area contributed by atoms with Gasteiger partial charge in [-0.25, -0.2) is 0 Å². The van der Waals surface area contributed by atoms with Crippen molar-refractivity contribution in [2.24, 2.45) is 17.6 Å². The third kappa shape index (κ3) is 5.50. The average Bonchev–Trinajstić information content (AvgIpc) is 2.13. The van der Waals surface area contributed by atoms with Crippen molar-refractivity contribution in [3.05, 3.63) is 0 Å². The van der Waals surface area contributed by atoms with E-state index >= 15 is 0 Å². The number of hydrogen-bond donors (Lipinski definition) is 3. The van der Waals surface area contributed by atoms with Crippen molar-refractivity contribution in [1.82, 2.24) is 0 Å². The Morgan fingerprint density at radius 3 is 2.00 bits per heavy atom. The molecule has 0 spiro atoms. The third-order valence-electron chi connectivity index (χ3n) is 2.84. The molecule has 0 saturated carbocycles. The Kier molecular flexibility index (Phi) is 6.41. The van der Waals surface area contributed by atoms with Crippen LogP contribution in [-0.4, -0.2) is 28.5 Å². The van der Waals surface area contributed by atoms with Crippen LogP contribution in [0.1, 0.15) is 47.0 Å². The van der Waals surface area contributed by atoms with Gasteiger partial charge >= 0.3 is 0 Å². The second-order valence-corrected chi connectivity index (χ2v) is 5.43. The van der Waals surface area contributed by atoms with E-state index in [4.69, 9.17) is 5.73 Å². The van der Waals surface area contributed by atoms with Crippen LogP contribution in [0.25, 0.3) is 0 Å². The molecule has 15 heavy (non-hydrogen) atoms. The maximum absolute atomic E-state index is 10.2. The molecule has 3 nitrogen and oxygen atoms in total. The molecule has 0 heterocycles. The number of nitrogens with two attached hydrogens (primary N) is 1. The monoisotopic (exact) mass is 217 g/mol. The van der Waals surface area contributed by atoms with Crippen molar-refractivity contribution < 1.29 is 10.2 Å². The van der Waals surface area contributed by atoms with Crippen molar-refractivity contribution in [3.8, 4) is 0 Å². The molecule has 3 heteroatoms. The summed E-state index contributed by atoms with van der Waals surface area (Å²) in [4.78, 5) is 0. The smallest absolute Gasteiger partial charge is 0.103 e. The van der Waals surface area contributed by atoms with E-state index in [-0.39, 0.29) is 12.6 Å². The van der Waals surface area contributed by atoms with Crippen LogP contribution in [0.4, 0.5) is 0 Å². The first-order valence-corrected chi connectivity index (χ1v) is 5.90. The summed E-state index contributed by atoms with van der Waals surface area (Å²) in [7, 11) is 0. The van der Waals surface area contributed by atoms with E-state index in [1.54, 1.807) is 0 Å². The first-order chi connectivity index (χ1) is 6.81. The van der Waals surface area contributed by atoms with Gasteiger partial charge in [-0.2, -0.15) is 0 Å². The van der Waals surface area contributed by atoms with E-state index in [2.05, 4.69) is 27.7 Å². The summed E-state index contributed by atoms with van der Waals surface area (Å²) in [6.07, 6.45) is 2.22. The normalized spacial score (nSPS) is 18.2. The lowest BCUT2D eigenvalue weighted by molar-refractivity contribution is -0.0489. The minimum absolute atomic E-state index is 0.242. The molecule has 0 saturated heterocycles. The van der Waals surface area contributed by atoms with Gasteiger partial charge in [0, 0.05) is 6.04 Å². The second kappa shape index (κ2) is 6.46. The lowest BCUT2D eigenvalue weighted by atomic mass is 9.84. The largest absolute Gasteiger partial charge is 0.393 e. The maximum atomic E-state index is 10.2. The van der Waals surface area contributed by atoms with E-state index in [1.165, 1.54) is 0 Å². The molecule has 0 amide bonds. The van der Waals surface area contributed by atoms with Crippen LogP contribution in [0.3, 0.4) is 0 Å². The number of hydrogen-bond acceptors (Lipinski definition) is 3. The van der Waals surface area contributed by atoms with Gasteiger partial charge in [0.05, 0.1) is 6.61 Å². The second-order valence-electron chi connectivity index (χ2n) is 5.43. The van der Waals surface area contributed by atoms with Crippen molar-refractivity contribution >= 4 is 0 Å². The van der Waals surface area contributed by atoms with E-state index in [1.807, 2.05) is 0 Å². The molecule has 0 aromatic rings. The van der Waals surface area contributed by atoms with Gasteiger partial charge < -0.3 is 15.9 Å². The molecule has 0 aliphatic rings. The van der Waals surface area contributed by atoms with E-state index < -0.39 is 5.60 Å². The molecule has 0 bridgehead atoms. The molecule has 0 aliphatic carbocycles. The molecule has 0 aliphatic heterocycles. The summed E-state index contributed by atoms with van der Waals surface area (Å²) in [6.45, 7) is 8.10. The van der Waals surface area contributed by atoms with Crippen LogP contribution in [0.15, 0.2) is 0 Å². The Labute approximate surface area is 93.7 Å². The van der Waals surface area contributed by atoms with Gasteiger partial charge in [-0.05, 0) is 31.1 Å². The van der Waals surface area contributed by atoms with Gasteiger partial charge in [0.25, 0.3) is 0 Å². The minimum atomic E-state index is -1.10. The molecule has 0 rings (SSSR count). The van der Waals surface area contributed by atoms with Crippen molar-refractivity contribution in [3.63, 3.8) is 0 Å². The van der Waals surface area contributed by atoms with Gasteiger partial charge in [-0.1, -0.05) is 27.7 Å². The maximum Gasteiger partial charge on any atom is 0.103 e. The minimum Gasteiger partial charge on any atom is -0.393 e. The SMILES string of the molecule is CC(C)CCC(O)(CO)C(N)CC(C)C. The summed E-state index contributed by atoms with van der Waals surface area (Å²) in [5.74, 6) is 0.964. The fourth-order valence-corrected chi connectivity index (χ4v) is 1.65. The van der Waals surface area contributed by atoms with Crippen LogP contribution in [0, 0.1) is 11.8 Å². The first-order valence-electron chi connectivity index (χ1n) is 5.90. The molecule has 0 fully saturated rings. The fourth-order valence-electron chi connectivity index (χ4n) is 1.65. The predicted molar refractivity (Wildman–Crippen MR) is 63.5 cm³/mol. The molecular formula is C12H27NO2. The predicted octanol–water partition coefficient (Wildman–Crippen LogP) is 1.52. The van der Waals surface area contributed by atoms with E-state index in [0.717, 1.165) is 12.8 Å². The average molecular weight is 217 g/mol. The van der Waals surface area contributed by atoms with Crippen molar-refractivity contribution in [2.45, 2.75) is 58.6 Å². The van der Waals surface area contributed by atoms with Crippen LogP contribution in [0.2, 0.25) is 0 Å². The Bertz CT molecular complexity index is 171. The zero-order valence-electron chi connectivity index (χ0n) is 10.5. The Morgan fingerprint density at radius 1 is 1.13 bits per heavy atom. The highest BCUT2D eigenvalue weighted by molar-refractivity contribution is 4.89. The summed E-state index contributed by atoms with van der Waals surface area (Å²) in [5, 5.41) is 19.5. The van der Waals surface area contributed by atoms with Gasteiger partial charge in [-0.15, -0.1) is 0 Å². The molecule has 0 aromatic heterocycles. The molecule has 2 unspecified atom stereocenters. The number of aliphatic hydroxyl groups excluding tert-OH is 1. The molecule has 0 radical (unpaired) electrons. The Hall–Kier alpha value is -0.120. The van der Waals surface area contributed by atoms with Gasteiger partial charge in [0.2, 0.25) is 0 Å². The molecule has 2 atom stereocenters. The molecule has 92 valence electrons. The van der Waals surface area contributed by atoms with E-state index in [0.29, 0.717) is 18.3 Å². The molecular weight excluding hydrogens is 190 g/mol. The molecule has 4 N–H and O–H groups in total. The standard InChI is InChI=1S/C12H27NO2/c1-9(2)5-6-12(15,8-14)11(13)7-10(3)4/h9-11,14-15H,5-8,13H2,1-4H3. The van der Waals surface area contributed by atoms with Crippen molar-refractivity contribution in [2.75, 3.05) is 6.61 Å².